The summed E-state index contributed by atoms with van der Waals surface area (Å²) in [5.74, 6) is -0.201. The van der Waals surface area contributed by atoms with Crippen molar-refractivity contribution >= 4 is 11.8 Å². The van der Waals surface area contributed by atoms with E-state index in [1.807, 2.05) is 68.4 Å². The number of nitrogens with one attached hydrogen (secondary N) is 1. The summed E-state index contributed by atoms with van der Waals surface area (Å²) in [5.41, 5.74) is 3.34. The van der Waals surface area contributed by atoms with Crippen molar-refractivity contribution in [3.8, 4) is 0 Å². The van der Waals surface area contributed by atoms with Gasteiger partial charge in [0.1, 0.15) is 6.04 Å². The standard InChI is InChI=1S/C28H32N2O2/c1-3-29-28(32)22(2)30(20-19-23-13-7-4-8-14-23)27(31)21-26(24-15-9-5-10-16-24)25-17-11-6-12-18-25/h4-18,22,26H,3,19-21H2,1-2H3,(H,29,32). The Labute approximate surface area is 191 Å². The van der Waals surface area contributed by atoms with Gasteiger partial charge in [-0.1, -0.05) is 91.0 Å². The summed E-state index contributed by atoms with van der Waals surface area (Å²) in [6.07, 6.45) is 1.02. The third-order valence-electron chi connectivity index (χ3n) is 5.79. The van der Waals surface area contributed by atoms with E-state index in [1.165, 1.54) is 0 Å². The largest absolute Gasteiger partial charge is 0.355 e. The fourth-order valence-corrected chi connectivity index (χ4v) is 3.98. The number of hydrogen-bond acceptors (Lipinski definition) is 2. The van der Waals surface area contributed by atoms with Crippen LogP contribution in [0.3, 0.4) is 0 Å². The Kier molecular flexibility index (Phi) is 8.61. The fourth-order valence-electron chi connectivity index (χ4n) is 3.98. The number of benzene rings is 3. The first-order valence-corrected chi connectivity index (χ1v) is 11.3. The highest BCUT2D eigenvalue weighted by Gasteiger charge is 2.28. The van der Waals surface area contributed by atoms with E-state index in [-0.39, 0.29) is 17.7 Å². The molecule has 0 heterocycles. The zero-order valence-electron chi connectivity index (χ0n) is 18.9. The zero-order chi connectivity index (χ0) is 22.8. The van der Waals surface area contributed by atoms with E-state index in [1.54, 1.807) is 4.90 Å². The lowest BCUT2D eigenvalue weighted by atomic mass is 9.88. The van der Waals surface area contributed by atoms with Crippen molar-refractivity contribution in [3.63, 3.8) is 0 Å². The molecule has 1 unspecified atom stereocenters. The van der Waals surface area contributed by atoms with Crippen LogP contribution in [0, 0.1) is 0 Å². The summed E-state index contributed by atoms with van der Waals surface area (Å²) in [6, 6.07) is 29.8. The molecule has 0 spiro atoms. The molecule has 1 N–H and O–H groups in total. The Balaban J connectivity index is 1.84. The molecule has 3 rings (SSSR count). The van der Waals surface area contributed by atoms with Gasteiger partial charge in [-0.3, -0.25) is 9.59 Å². The highest BCUT2D eigenvalue weighted by Crippen LogP contribution is 2.29. The van der Waals surface area contributed by atoms with Gasteiger partial charge in [-0.25, -0.2) is 0 Å². The maximum absolute atomic E-state index is 13.6. The molecular weight excluding hydrogens is 396 g/mol. The molecule has 4 nitrogen and oxygen atoms in total. The normalized spacial score (nSPS) is 11.7. The zero-order valence-corrected chi connectivity index (χ0v) is 18.9. The Bertz CT molecular complexity index is 935. The van der Waals surface area contributed by atoms with E-state index >= 15 is 0 Å². The molecule has 0 saturated carbocycles. The van der Waals surface area contributed by atoms with Crippen LogP contribution in [0.1, 0.15) is 42.9 Å². The Morgan fingerprint density at radius 3 is 1.81 bits per heavy atom. The second-order valence-electron chi connectivity index (χ2n) is 7.97. The van der Waals surface area contributed by atoms with E-state index in [4.69, 9.17) is 0 Å². The second-order valence-corrected chi connectivity index (χ2v) is 7.97. The van der Waals surface area contributed by atoms with E-state index in [9.17, 15) is 9.59 Å². The van der Waals surface area contributed by atoms with Crippen molar-refractivity contribution in [2.24, 2.45) is 0 Å². The van der Waals surface area contributed by atoms with Gasteiger partial charge in [-0.2, -0.15) is 0 Å². The lowest BCUT2D eigenvalue weighted by molar-refractivity contribution is -0.140. The average Bonchev–Trinajstić information content (AvgIpc) is 2.84. The lowest BCUT2D eigenvalue weighted by Crippen LogP contribution is -2.49. The number of likely N-dealkylation sites (N-methyl/N-ethyl adjacent to an activating group) is 1. The first-order chi connectivity index (χ1) is 15.6. The molecule has 0 aliphatic rings. The van der Waals surface area contributed by atoms with Crippen molar-refractivity contribution in [3.05, 3.63) is 108 Å². The third kappa shape index (κ3) is 6.30. The van der Waals surface area contributed by atoms with Crippen LogP contribution in [0.2, 0.25) is 0 Å². The first-order valence-electron chi connectivity index (χ1n) is 11.3. The van der Waals surface area contributed by atoms with Crippen LogP contribution < -0.4 is 5.32 Å². The van der Waals surface area contributed by atoms with Gasteiger partial charge in [0, 0.05) is 25.4 Å². The van der Waals surface area contributed by atoms with Crippen molar-refractivity contribution < 1.29 is 9.59 Å². The number of rotatable bonds is 10. The summed E-state index contributed by atoms with van der Waals surface area (Å²) in [6.45, 7) is 4.74. The lowest BCUT2D eigenvalue weighted by Gasteiger charge is -2.30. The Morgan fingerprint density at radius 2 is 1.31 bits per heavy atom. The van der Waals surface area contributed by atoms with Gasteiger partial charge in [0.25, 0.3) is 0 Å². The van der Waals surface area contributed by atoms with Crippen molar-refractivity contribution in [1.29, 1.82) is 0 Å². The smallest absolute Gasteiger partial charge is 0.242 e. The number of carbonyl (C=O) groups excluding carboxylic acids is 2. The predicted octanol–water partition coefficient (Wildman–Crippen LogP) is 4.80. The molecule has 0 fully saturated rings. The summed E-state index contributed by atoms with van der Waals surface area (Å²) in [4.78, 5) is 28.0. The molecule has 0 aliphatic heterocycles. The van der Waals surface area contributed by atoms with Crippen molar-refractivity contribution in [1.82, 2.24) is 10.2 Å². The minimum atomic E-state index is -0.529. The van der Waals surface area contributed by atoms with Crippen LogP contribution in [-0.2, 0) is 16.0 Å². The molecular formula is C28H32N2O2. The van der Waals surface area contributed by atoms with Gasteiger partial charge in [0.2, 0.25) is 11.8 Å². The molecule has 4 heteroatoms. The molecule has 32 heavy (non-hydrogen) atoms. The van der Waals surface area contributed by atoms with E-state index < -0.39 is 6.04 Å². The minimum absolute atomic E-state index is 0.0163. The van der Waals surface area contributed by atoms with E-state index in [0.717, 1.165) is 16.7 Å². The number of carbonyl (C=O) groups is 2. The van der Waals surface area contributed by atoms with Crippen LogP contribution in [0.4, 0.5) is 0 Å². The summed E-state index contributed by atoms with van der Waals surface area (Å²) in [5, 5.41) is 2.86. The van der Waals surface area contributed by atoms with Gasteiger partial charge in [-0.15, -0.1) is 0 Å². The maximum Gasteiger partial charge on any atom is 0.242 e. The maximum atomic E-state index is 13.6. The summed E-state index contributed by atoms with van der Waals surface area (Å²) < 4.78 is 0. The molecule has 0 aliphatic carbocycles. The van der Waals surface area contributed by atoms with Crippen LogP contribution in [0.25, 0.3) is 0 Å². The molecule has 0 aromatic heterocycles. The molecule has 0 saturated heterocycles. The van der Waals surface area contributed by atoms with Gasteiger partial charge in [0.05, 0.1) is 0 Å². The van der Waals surface area contributed by atoms with E-state index in [2.05, 4.69) is 41.7 Å². The van der Waals surface area contributed by atoms with E-state index in [0.29, 0.717) is 25.9 Å². The molecule has 2 amide bonds. The molecule has 0 radical (unpaired) electrons. The Hall–Kier alpha value is -3.40. The van der Waals surface area contributed by atoms with Crippen LogP contribution in [0.5, 0.6) is 0 Å². The summed E-state index contributed by atoms with van der Waals surface area (Å²) in [7, 11) is 0. The molecule has 1 atom stereocenters. The minimum Gasteiger partial charge on any atom is -0.355 e. The van der Waals surface area contributed by atoms with Gasteiger partial charge in [-0.05, 0) is 37.0 Å². The fraction of sp³-hybridized carbons (Fsp3) is 0.286. The monoisotopic (exact) mass is 428 g/mol. The molecule has 3 aromatic rings. The van der Waals surface area contributed by atoms with Crippen molar-refractivity contribution in [2.75, 3.05) is 13.1 Å². The quantitative estimate of drug-likeness (QED) is 0.504. The number of nitrogens with zero attached hydrogens (tertiary/aromatic N) is 1. The number of hydrogen-bond donors (Lipinski definition) is 1. The van der Waals surface area contributed by atoms with Crippen LogP contribution in [0.15, 0.2) is 91.0 Å². The first kappa shape index (κ1) is 23.3. The van der Waals surface area contributed by atoms with Gasteiger partial charge in [0.15, 0.2) is 0 Å². The Morgan fingerprint density at radius 1 is 0.812 bits per heavy atom. The topological polar surface area (TPSA) is 49.4 Å². The van der Waals surface area contributed by atoms with Crippen LogP contribution in [-0.4, -0.2) is 35.8 Å². The molecule has 0 bridgehead atoms. The van der Waals surface area contributed by atoms with Gasteiger partial charge >= 0.3 is 0 Å². The third-order valence-corrected chi connectivity index (χ3v) is 5.79. The second kappa shape index (κ2) is 11.8. The summed E-state index contributed by atoms with van der Waals surface area (Å²) >= 11 is 0. The van der Waals surface area contributed by atoms with Crippen LogP contribution >= 0.6 is 0 Å². The predicted molar refractivity (Wildman–Crippen MR) is 129 cm³/mol. The SMILES string of the molecule is CCNC(=O)C(C)N(CCc1ccccc1)C(=O)CC(c1ccccc1)c1ccccc1. The average molecular weight is 429 g/mol. The molecule has 3 aromatic carbocycles. The number of amides is 2. The van der Waals surface area contributed by atoms with Gasteiger partial charge < -0.3 is 10.2 Å². The highest BCUT2D eigenvalue weighted by atomic mass is 16.2. The van der Waals surface area contributed by atoms with Crippen molar-refractivity contribution in [2.45, 2.75) is 38.6 Å². The molecule has 166 valence electrons. The highest BCUT2D eigenvalue weighted by molar-refractivity contribution is 5.87.